The van der Waals surface area contributed by atoms with Gasteiger partial charge in [-0.2, -0.15) is 20.4 Å². The minimum absolute atomic E-state index is 0. The van der Waals surface area contributed by atoms with Crippen molar-refractivity contribution in [2.24, 2.45) is 21.1 Å². The summed E-state index contributed by atoms with van der Waals surface area (Å²) < 4.78 is 5.39. The highest BCUT2D eigenvalue weighted by Crippen LogP contribution is 1.90. The van der Waals surface area contributed by atoms with Gasteiger partial charge in [0.25, 0.3) is 0 Å². The van der Waals surface area contributed by atoms with E-state index in [1.807, 2.05) is 332 Å². The largest absolute Gasteiger partial charge is 0.351 e. The Labute approximate surface area is 623 Å². The number of aromatic amines is 1. The standard InChI is InChI=1S/2C6H7N.4C5H6N2.3C4H6N2.C3H4N2.C3H3NS.13C2H6.4CH4/c1-6-2-4-7-5-3-6;1-6-3-2-4-7-5-6;1-5-4-6-2-3-7-5;1-5-2-3-6-4-7-5;1-5-6-3-2-4-7-5;1-5-3-2-4-6-7-5;1-6-3-2-5-4-6;2*1-6-4-2-3-5-6;2*1-2-5-3-4-1;13*1-2;;;;/h2*2-5H,1H3;4*2-4H,1H3;3*2-4H,1H3;1-3H,(H,4,5);1-3H;13*1-2H3;4*1H4. The molecule has 20 heteroatoms. The van der Waals surface area contributed by atoms with Crippen LogP contribution in [-0.2, 0) is 21.1 Å². The Hall–Kier alpha value is -8.91. The van der Waals surface area contributed by atoms with Crippen LogP contribution in [0.1, 0.15) is 244 Å². The van der Waals surface area contributed by atoms with E-state index in [1.165, 1.54) is 17.5 Å². The van der Waals surface area contributed by atoms with E-state index in [1.54, 1.807) is 144 Å². The maximum atomic E-state index is 3.92. The molecule has 0 atom stereocenters. The first-order valence-corrected chi connectivity index (χ1v) is 35.2. The monoisotopic (exact) mass is 1420 g/mol. The van der Waals surface area contributed by atoms with Crippen LogP contribution in [-0.4, -0.2) is 94.1 Å². The Morgan fingerprint density at radius 1 is 0.340 bits per heavy atom. The summed E-state index contributed by atoms with van der Waals surface area (Å²) in [7, 11) is 5.72. The quantitative estimate of drug-likeness (QED) is 0.149. The number of thiazole rings is 1. The number of rotatable bonds is 0. The number of hydrogen-bond donors (Lipinski definition) is 1. The number of aromatic nitrogens is 19. The zero-order valence-corrected chi connectivity index (χ0v) is 68.0. The third-order valence-corrected chi connectivity index (χ3v) is 7.66. The molecule has 0 saturated carbocycles. The molecule has 11 heterocycles. The van der Waals surface area contributed by atoms with Crippen LogP contribution in [0.2, 0.25) is 0 Å². The van der Waals surface area contributed by atoms with Gasteiger partial charge >= 0.3 is 0 Å². The van der Waals surface area contributed by atoms with E-state index in [4.69, 9.17) is 0 Å². The molecule has 0 aromatic carbocycles. The van der Waals surface area contributed by atoms with Gasteiger partial charge in [0.1, 0.15) is 12.2 Å². The van der Waals surface area contributed by atoms with Crippen molar-refractivity contribution in [1.82, 2.24) is 94.1 Å². The van der Waals surface area contributed by atoms with Crippen LogP contribution in [0, 0.1) is 41.5 Å². The molecule has 11 rings (SSSR count). The van der Waals surface area contributed by atoms with Crippen LogP contribution in [0.5, 0.6) is 0 Å². The Bertz CT molecular complexity index is 2180. The molecular weight excluding hydrogens is 1260 g/mol. The van der Waals surface area contributed by atoms with E-state index in [9.17, 15) is 0 Å². The van der Waals surface area contributed by atoms with Gasteiger partial charge < -0.3 is 9.55 Å². The first-order chi connectivity index (χ1) is 47.0. The highest BCUT2D eigenvalue weighted by atomic mass is 32.1. The van der Waals surface area contributed by atoms with Gasteiger partial charge in [0, 0.05) is 156 Å². The Morgan fingerprint density at radius 2 is 0.830 bits per heavy atom. The first kappa shape index (κ1) is 135. The van der Waals surface area contributed by atoms with Gasteiger partial charge in [-0.25, -0.2) is 29.9 Å². The van der Waals surface area contributed by atoms with Crippen LogP contribution < -0.4 is 0 Å². The molecule has 0 aliphatic heterocycles. The molecule has 0 fully saturated rings. The molecule has 11 aromatic rings. The first-order valence-electron chi connectivity index (χ1n) is 34.3. The van der Waals surface area contributed by atoms with Crippen molar-refractivity contribution in [2.75, 3.05) is 0 Å². The molecule has 0 amide bonds. The number of nitrogens with zero attached hydrogens (tertiary/aromatic N) is 18. The second-order valence-corrected chi connectivity index (χ2v) is 14.2. The third-order valence-electron chi connectivity index (χ3n) is 7.14. The van der Waals surface area contributed by atoms with E-state index in [-0.39, 0.29) is 29.7 Å². The molecule has 0 saturated heterocycles. The van der Waals surface area contributed by atoms with Gasteiger partial charge in [-0.1, -0.05) is 216 Å². The van der Waals surface area contributed by atoms with Crippen molar-refractivity contribution in [1.29, 1.82) is 0 Å². The summed E-state index contributed by atoms with van der Waals surface area (Å²) in [6.45, 7) is 63.7. The van der Waals surface area contributed by atoms with E-state index in [0.29, 0.717) is 0 Å². The van der Waals surface area contributed by atoms with E-state index in [0.717, 1.165) is 22.9 Å². The number of imidazole rings is 2. The lowest BCUT2D eigenvalue weighted by molar-refractivity contribution is 0.767. The molecule has 0 bridgehead atoms. The summed E-state index contributed by atoms with van der Waals surface area (Å²) in [6.07, 6.45) is 40.1. The maximum absolute atomic E-state index is 3.92. The van der Waals surface area contributed by atoms with Crippen molar-refractivity contribution in [3.63, 3.8) is 0 Å². The zero-order chi connectivity index (χ0) is 77.0. The highest BCUT2D eigenvalue weighted by molar-refractivity contribution is 7.07. The number of H-pyrrole nitrogens is 1. The van der Waals surface area contributed by atoms with Gasteiger partial charge in [0.2, 0.25) is 0 Å². The lowest BCUT2D eigenvalue weighted by Crippen LogP contribution is -1.83. The molecule has 0 aliphatic carbocycles. The van der Waals surface area contributed by atoms with Crippen molar-refractivity contribution in [3.8, 4) is 0 Å². The van der Waals surface area contributed by atoms with Gasteiger partial charge in [0.05, 0.1) is 29.6 Å². The van der Waals surface area contributed by atoms with Crippen molar-refractivity contribution in [2.45, 2.75) is 251 Å². The summed E-state index contributed by atoms with van der Waals surface area (Å²) in [5.74, 6) is 0.822. The van der Waals surface area contributed by atoms with Gasteiger partial charge in [-0.15, -0.1) is 11.3 Å². The second-order valence-electron chi connectivity index (χ2n) is 13.4. The number of aryl methyl sites for hydroxylation is 9. The molecule has 0 aliphatic rings. The Balaban J connectivity index is -0.0000000487. The molecule has 100 heavy (non-hydrogen) atoms. The topological polar surface area (TPSA) is 224 Å². The zero-order valence-electron chi connectivity index (χ0n) is 67.2. The van der Waals surface area contributed by atoms with Crippen molar-refractivity contribution < 1.29 is 0 Å². The van der Waals surface area contributed by atoms with E-state index in [2.05, 4.69) is 80.2 Å². The van der Waals surface area contributed by atoms with Crippen molar-refractivity contribution >= 4 is 11.3 Å². The normalized spacial score (nSPS) is 6.83. The summed E-state index contributed by atoms with van der Waals surface area (Å²) in [4.78, 5) is 44.7. The molecule has 1 N–H and O–H groups in total. The average Bonchev–Trinajstić information content (AvgIpc) is 4.44. The van der Waals surface area contributed by atoms with Crippen LogP contribution in [0.15, 0.2) is 214 Å². The third kappa shape index (κ3) is 141. The minimum atomic E-state index is 0. The molecule has 19 nitrogen and oxygen atoms in total. The Morgan fingerprint density at radius 3 is 0.990 bits per heavy atom. The lowest BCUT2D eigenvalue weighted by Gasteiger charge is -1.82. The molecular formula is C80H157N19S. The van der Waals surface area contributed by atoms with Crippen LogP contribution in [0.25, 0.3) is 0 Å². The number of pyridine rings is 2. The van der Waals surface area contributed by atoms with Crippen LogP contribution >= 0.6 is 11.3 Å². The highest BCUT2D eigenvalue weighted by Gasteiger charge is 1.78. The van der Waals surface area contributed by atoms with E-state index >= 15 is 0 Å². The van der Waals surface area contributed by atoms with Gasteiger partial charge in [-0.3, -0.25) is 34.3 Å². The summed E-state index contributed by atoms with van der Waals surface area (Å²) in [6, 6.07) is 19.1. The summed E-state index contributed by atoms with van der Waals surface area (Å²) in [5.41, 5.74) is 7.19. The summed E-state index contributed by atoms with van der Waals surface area (Å²) in [5, 5.41) is 17.0. The fourth-order valence-electron chi connectivity index (χ4n) is 3.76. The minimum Gasteiger partial charge on any atom is -0.351 e. The fraction of sp³-hybridized carbons (Fsp3) is 0.487. The van der Waals surface area contributed by atoms with Crippen LogP contribution in [0.4, 0.5) is 0 Å². The van der Waals surface area contributed by atoms with Crippen LogP contribution in [0.3, 0.4) is 0 Å². The second kappa shape index (κ2) is 146. The van der Waals surface area contributed by atoms with E-state index < -0.39 is 0 Å². The van der Waals surface area contributed by atoms with Gasteiger partial charge in [-0.05, 0) is 107 Å². The summed E-state index contributed by atoms with van der Waals surface area (Å²) >= 11 is 1.60. The maximum Gasteiger partial charge on any atom is 0.125 e. The fourth-order valence-corrected chi connectivity index (χ4v) is 4.12. The molecule has 0 unspecified atom stereocenters. The lowest BCUT2D eigenvalue weighted by atomic mass is 10.3. The molecule has 578 valence electrons. The predicted octanol–water partition coefficient (Wildman–Crippen LogP) is 24.6. The molecule has 0 radical (unpaired) electrons. The predicted molar refractivity (Wildman–Crippen MR) is 450 cm³/mol. The average molecular weight is 1420 g/mol. The smallest absolute Gasteiger partial charge is 0.125 e. The SMILES string of the molecule is C.C.C.C.CC.CC.CC.CC.CC.CC.CC.CC.CC.CC.CC.CC.CC.Cc1cccnc1.Cc1cccnn1.Cc1ccncc1.Cc1ccncn1.Cc1cnccn1.Cc1ncccn1.Cn1cccn1.Cn1cccn1.Cn1ccnc1.c1c[nH]cn1.c1cscn1. The Kier molecular flexibility index (Phi) is 196. The molecule has 11 aromatic heterocycles. The molecule has 0 spiro atoms. The van der Waals surface area contributed by atoms with Gasteiger partial charge in [0.15, 0.2) is 0 Å². The number of nitrogens with one attached hydrogen (secondary N) is 1. The van der Waals surface area contributed by atoms with Crippen molar-refractivity contribution in [3.05, 3.63) is 249 Å². The number of hydrogen-bond acceptors (Lipinski definition) is 16.